The van der Waals surface area contributed by atoms with Gasteiger partial charge in [0.25, 0.3) is 0 Å². The number of carbonyl (C=O) groups excluding carboxylic acids is 1. The summed E-state index contributed by atoms with van der Waals surface area (Å²) in [4.78, 5) is 20.3. The van der Waals surface area contributed by atoms with Gasteiger partial charge in [-0.2, -0.15) is 10.4 Å². The molecule has 9 nitrogen and oxygen atoms in total. The number of hydrogen-bond donors (Lipinski definition) is 3. The van der Waals surface area contributed by atoms with Crippen LogP contribution in [0, 0.1) is 11.3 Å². The van der Waals surface area contributed by atoms with E-state index in [1.54, 1.807) is 17.8 Å². The van der Waals surface area contributed by atoms with Crippen molar-refractivity contribution >= 4 is 34.1 Å². The fourth-order valence-corrected chi connectivity index (χ4v) is 3.06. The van der Waals surface area contributed by atoms with Gasteiger partial charge in [0.05, 0.1) is 17.7 Å². The first kappa shape index (κ1) is 16.8. The Labute approximate surface area is 155 Å². The minimum Gasteiger partial charge on any atom is -0.383 e. The van der Waals surface area contributed by atoms with Crippen LogP contribution in [0.4, 0.5) is 17.5 Å². The van der Waals surface area contributed by atoms with Crippen LogP contribution in [0.2, 0.25) is 0 Å². The largest absolute Gasteiger partial charge is 0.383 e. The van der Waals surface area contributed by atoms with Gasteiger partial charge in [-0.15, -0.1) is 0 Å². The molecule has 4 heterocycles. The third-order valence-electron chi connectivity index (χ3n) is 4.52. The molecule has 0 aromatic carbocycles. The predicted molar refractivity (Wildman–Crippen MR) is 100 cm³/mol. The highest BCUT2D eigenvalue weighted by atomic mass is 16.2. The lowest BCUT2D eigenvalue weighted by atomic mass is 10.1. The predicted octanol–water partition coefficient (Wildman–Crippen LogP) is 1.45. The highest BCUT2D eigenvalue weighted by molar-refractivity contribution is 5.92. The van der Waals surface area contributed by atoms with E-state index in [4.69, 9.17) is 11.0 Å². The summed E-state index contributed by atoms with van der Waals surface area (Å²) in [6.07, 6.45) is 2.37. The molecule has 9 heteroatoms. The van der Waals surface area contributed by atoms with Gasteiger partial charge in [0, 0.05) is 36.3 Å². The zero-order valence-corrected chi connectivity index (χ0v) is 14.7. The molecule has 0 saturated heterocycles. The van der Waals surface area contributed by atoms with Gasteiger partial charge in [0.1, 0.15) is 18.2 Å². The summed E-state index contributed by atoms with van der Waals surface area (Å²) in [5.74, 6) is 1.18. The van der Waals surface area contributed by atoms with Gasteiger partial charge in [0.15, 0.2) is 5.82 Å². The molecule has 1 amide bonds. The Hall–Kier alpha value is -3.67. The molecule has 1 aliphatic heterocycles. The first-order valence-electron chi connectivity index (χ1n) is 8.59. The molecule has 1 aliphatic rings. The highest BCUT2D eigenvalue weighted by Gasteiger charge is 2.16. The second-order valence-corrected chi connectivity index (χ2v) is 6.48. The van der Waals surface area contributed by atoms with Crippen molar-refractivity contribution in [2.75, 3.05) is 17.6 Å². The van der Waals surface area contributed by atoms with E-state index in [9.17, 15) is 4.79 Å². The van der Waals surface area contributed by atoms with Crippen LogP contribution < -0.4 is 16.4 Å². The minimum absolute atomic E-state index is 0.0469. The number of amides is 1. The third kappa shape index (κ3) is 3.25. The maximum absolute atomic E-state index is 11.7. The van der Waals surface area contributed by atoms with Crippen LogP contribution in [0.1, 0.15) is 24.2 Å². The summed E-state index contributed by atoms with van der Waals surface area (Å²) in [5, 5.41) is 21.1. The zero-order chi connectivity index (χ0) is 19.0. The van der Waals surface area contributed by atoms with E-state index in [0.717, 1.165) is 22.9 Å². The molecule has 0 spiro atoms. The van der Waals surface area contributed by atoms with Crippen molar-refractivity contribution in [2.45, 2.75) is 25.8 Å². The number of carbonyl (C=O) groups is 1. The first-order valence-corrected chi connectivity index (χ1v) is 8.59. The number of nitrogen functional groups attached to an aromatic ring is 1. The van der Waals surface area contributed by atoms with Gasteiger partial charge in [-0.1, -0.05) is 0 Å². The van der Waals surface area contributed by atoms with Crippen molar-refractivity contribution in [3.8, 4) is 6.07 Å². The molecule has 4 N–H and O–H groups in total. The maximum atomic E-state index is 11.7. The zero-order valence-electron chi connectivity index (χ0n) is 14.7. The van der Waals surface area contributed by atoms with Gasteiger partial charge < -0.3 is 16.4 Å². The highest BCUT2D eigenvalue weighted by Crippen LogP contribution is 2.26. The van der Waals surface area contributed by atoms with Gasteiger partial charge in [-0.25, -0.2) is 9.97 Å². The summed E-state index contributed by atoms with van der Waals surface area (Å²) < 4.78 is 1.69. The van der Waals surface area contributed by atoms with Crippen LogP contribution in [-0.2, 0) is 17.8 Å². The van der Waals surface area contributed by atoms with Crippen molar-refractivity contribution in [1.82, 2.24) is 25.1 Å². The van der Waals surface area contributed by atoms with Crippen LogP contribution in [-0.4, -0.2) is 32.2 Å². The lowest BCUT2D eigenvalue weighted by Gasteiger charge is -2.09. The quantitative estimate of drug-likeness (QED) is 0.642. The molecule has 0 saturated carbocycles. The summed E-state index contributed by atoms with van der Waals surface area (Å²) in [7, 11) is 0. The Kier molecular flexibility index (Phi) is 4.08. The fourth-order valence-electron chi connectivity index (χ4n) is 3.06. The van der Waals surface area contributed by atoms with Crippen LogP contribution in [0.15, 0.2) is 24.4 Å². The van der Waals surface area contributed by atoms with Crippen LogP contribution in [0.5, 0.6) is 0 Å². The first-order chi connectivity index (χ1) is 13.0. The molecular formula is C18H18N8O. The number of nitrogens with two attached hydrogens (primary N) is 1. The SMILES string of the molecule is C[C@H](C#N)c1cc2cc(Nc3cc4n(n3)CC(=O)NCC4)ncc2c(N)n1. The van der Waals surface area contributed by atoms with E-state index in [0.29, 0.717) is 29.7 Å². The number of nitrogens with zero attached hydrogens (tertiary/aromatic N) is 5. The van der Waals surface area contributed by atoms with Gasteiger partial charge in [-0.05, 0) is 24.4 Å². The molecule has 1 atom stereocenters. The Balaban J connectivity index is 1.66. The second-order valence-electron chi connectivity index (χ2n) is 6.48. The number of rotatable bonds is 3. The topological polar surface area (TPSA) is 135 Å². The monoisotopic (exact) mass is 362 g/mol. The molecule has 0 bridgehead atoms. The van der Waals surface area contributed by atoms with Crippen molar-refractivity contribution in [3.05, 3.63) is 35.8 Å². The number of fused-ring (bicyclic) bond motifs is 2. The summed E-state index contributed by atoms with van der Waals surface area (Å²) >= 11 is 0. The van der Waals surface area contributed by atoms with E-state index in [-0.39, 0.29) is 18.4 Å². The van der Waals surface area contributed by atoms with Gasteiger partial charge >= 0.3 is 0 Å². The number of hydrogen-bond acceptors (Lipinski definition) is 7. The number of nitriles is 1. The average Bonchev–Trinajstić information content (AvgIpc) is 2.92. The van der Waals surface area contributed by atoms with Crippen molar-refractivity contribution in [3.63, 3.8) is 0 Å². The lowest BCUT2D eigenvalue weighted by molar-refractivity contribution is -0.121. The fraction of sp³-hybridized carbons (Fsp3) is 0.278. The Morgan fingerprint density at radius 1 is 1.37 bits per heavy atom. The van der Waals surface area contributed by atoms with Crippen LogP contribution in [0.3, 0.4) is 0 Å². The molecular weight excluding hydrogens is 344 g/mol. The normalized spacial score (nSPS) is 14.7. The second kappa shape index (κ2) is 6.57. The van der Waals surface area contributed by atoms with E-state index >= 15 is 0 Å². The number of pyridine rings is 2. The van der Waals surface area contributed by atoms with Gasteiger partial charge in [0.2, 0.25) is 5.91 Å². The summed E-state index contributed by atoms with van der Waals surface area (Å²) in [6, 6.07) is 7.77. The Morgan fingerprint density at radius 3 is 3.04 bits per heavy atom. The molecule has 0 unspecified atom stereocenters. The minimum atomic E-state index is -0.351. The molecule has 3 aromatic rings. The molecule has 3 aromatic heterocycles. The molecule has 136 valence electrons. The van der Waals surface area contributed by atoms with Crippen molar-refractivity contribution in [2.24, 2.45) is 0 Å². The van der Waals surface area contributed by atoms with Crippen LogP contribution in [0.25, 0.3) is 10.8 Å². The Morgan fingerprint density at radius 2 is 2.22 bits per heavy atom. The lowest BCUT2D eigenvalue weighted by Crippen LogP contribution is -2.25. The van der Waals surface area contributed by atoms with E-state index < -0.39 is 0 Å². The van der Waals surface area contributed by atoms with Gasteiger partial charge in [-0.3, -0.25) is 9.48 Å². The molecule has 0 aliphatic carbocycles. The number of aromatic nitrogens is 4. The van der Waals surface area contributed by atoms with E-state index in [1.807, 2.05) is 18.2 Å². The summed E-state index contributed by atoms with van der Waals surface area (Å²) in [5.41, 5.74) is 7.62. The van der Waals surface area contributed by atoms with E-state index in [2.05, 4.69) is 31.8 Å². The maximum Gasteiger partial charge on any atom is 0.241 e. The average molecular weight is 362 g/mol. The summed E-state index contributed by atoms with van der Waals surface area (Å²) in [6.45, 7) is 2.59. The van der Waals surface area contributed by atoms with Crippen molar-refractivity contribution in [1.29, 1.82) is 5.26 Å². The van der Waals surface area contributed by atoms with Crippen LogP contribution >= 0.6 is 0 Å². The number of anilines is 3. The molecule has 0 fully saturated rings. The Bertz CT molecular complexity index is 1080. The molecule has 27 heavy (non-hydrogen) atoms. The van der Waals surface area contributed by atoms with Crippen molar-refractivity contribution < 1.29 is 4.79 Å². The van der Waals surface area contributed by atoms with E-state index in [1.165, 1.54) is 0 Å². The standard InChI is InChI=1S/C18H18N8O/c1-10(7-19)14-4-11-5-15(22-8-13(11)18(20)23-14)24-16-6-12-2-3-21-17(27)9-26(12)25-16/h4-6,8,10H,2-3,9H2,1H3,(H2,20,23)(H,21,27)(H,22,24,25)/t10-/m1/s1. The smallest absolute Gasteiger partial charge is 0.241 e. The molecule has 0 radical (unpaired) electrons. The third-order valence-corrected chi connectivity index (χ3v) is 4.52. The number of nitrogens with one attached hydrogen (secondary N) is 2. The molecule has 4 rings (SSSR count).